The van der Waals surface area contributed by atoms with E-state index in [9.17, 15) is 18.0 Å². The first-order chi connectivity index (χ1) is 19.6. The summed E-state index contributed by atoms with van der Waals surface area (Å²) in [4.78, 5) is 29.4. The van der Waals surface area contributed by atoms with Crippen LogP contribution in [0.3, 0.4) is 0 Å². The molecule has 0 unspecified atom stereocenters. The van der Waals surface area contributed by atoms with E-state index >= 15 is 0 Å². The Morgan fingerprint density at radius 3 is 2.34 bits per heavy atom. The fraction of sp³-hybridized carbons (Fsp3) is 0.355. The van der Waals surface area contributed by atoms with Crippen molar-refractivity contribution in [1.29, 1.82) is 0 Å². The van der Waals surface area contributed by atoms with Gasteiger partial charge in [0, 0.05) is 25.1 Å². The quantitative estimate of drug-likeness (QED) is 0.347. The number of ether oxygens (including phenoxy) is 2. The number of carbonyl (C=O) groups excluding carboxylic acids is 2. The third-order valence-electron chi connectivity index (χ3n) is 7.20. The van der Waals surface area contributed by atoms with E-state index < -0.39 is 28.5 Å². The van der Waals surface area contributed by atoms with E-state index in [2.05, 4.69) is 5.32 Å². The Labute approximate surface area is 242 Å². The van der Waals surface area contributed by atoms with Crippen LogP contribution in [0, 0.1) is 6.92 Å². The molecule has 0 radical (unpaired) electrons. The van der Waals surface area contributed by atoms with Crippen LogP contribution in [0.2, 0.25) is 0 Å². The summed E-state index contributed by atoms with van der Waals surface area (Å²) in [6, 6.07) is 20.9. The minimum Gasteiger partial charge on any atom is -0.454 e. The van der Waals surface area contributed by atoms with Crippen LogP contribution < -0.4 is 19.1 Å². The van der Waals surface area contributed by atoms with Gasteiger partial charge < -0.3 is 19.7 Å². The summed E-state index contributed by atoms with van der Waals surface area (Å²) in [5.74, 6) is 0.102. The van der Waals surface area contributed by atoms with Gasteiger partial charge in [-0.05, 0) is 49.1 Å². The lowest BCUT2D eigenvalue weighted by atomic mass is 10.0. The van der Waals surface area contributed by atoms with Crippen LogP contribution in [0.4, 0.5) is 5.69 Å². The summed E-state index contributed by atoms with van der Waals surface area (Å²) < 4.78 is 37.8. The number of nitrogens with one attached hydrogen (secondary N) is 1. The average molecular weight is 580 g/mol. The normalized spacial score (nSPS) is 13.8. The molecule has 3 aromatic carbocycles. The highest BCUT2D eigenvalue weighted by Crippen LogP contribution is 2.36. The van der Waals surface area contributed by atoms with Crippen molar-refractivity contribution in [2.45, 2.75) is 52.2 Å². The zero-order valence-electron chi connectivity index (χ0n) is 23.9. The number of nitrogens with zero attached hydrogens (tertiary/aromatic N) is 2. The van der Waals surface area contributed by atoms with Gasteiger partial charge in [0.1, 0.15) is 12.6 Å². The molecular formula is C31H37N3O6S. The second-order valence-electron chi connectivity index (χ2n) is 10.3. The smallest absolute Gasteiger partial charge is 0.244 e. The molecule has 0 aliphatic carbocycles. The minimum absolute atomic E-state index is 0.0350. The maximum Gasteiger partial charge on any atom is 0.244 e. The molecule has 0 aromatic heterocycles. The first-order valence-corrected chi connectivity index (χ1v) is 15.5. The molecule has 41 heavy (non-hydrogen) atoms. The Morgan fingerprint density at radius 1 is 0.976 bits per heavy atom. The standard InChI is InChI=1S/C31H37N3O6S/c1-5-23(3)32-31(36)27(17-24-12-7-6-8-13-24)33(19-25-14-10-9-11-22(25)2)30(35)20-34(41(4,37)38)26-15-16-28-29(18-26)40-21-39-28/h6-16,18,23,27H,5,17,19-21H2,1-4H3,(H,32,36)/t23-,27+/m0/s1. The lowest BCUT2D eigenvalue weighted by molar-refractivity contribution is -0.140. The van der Waals surface area contributed by atoms with E-state index in [1.54, 1.807) is 18.2 Å². The van der Waals surface area contributed by atoms with E-state index in [0.717, 1.165) is 33.7 Å². The molecule has 218 valence electrons. The van der Waals surface area contributed by atoms with Crippen LogP contribution >= 0.6 is 0 Å². The molecule has 2 amide bonds. The first kappa shape index (κ1) is 29.9. The summed E-state index contributed by atoms with van der Waals surface area (Å²) >= 11 is 0. The van der Waals surface area contributed by atoms with E-state index in [-0.39, 0.29) is 37.4 Å². The van der Waals surface area contributed by atoms with Gasteiger partial charge in [-0.2, -0.15) is 0 Å². The molecule has 0 saturated heterocycles. The largest absolute Gasteiger partial charge is 0.454 e. The number of fused-ring (bicyclic) bond motifs is 1. The third kappa shape index (κ3) is 7.58. The van der Waals surface area contributed by atoms with Gasteiger partial charge in [-0.3, -0.25) is 13.9 Å². The van der Waals surface area contributed by atoms with Crippen LogP contribution in [0.5, 0.6) is 11.5 Å². The number of hydrogen-bond acceptors (Lipinski definition) is 6. The predicted molar refractivity (Wildman–Crippen MR) is 158 cm³/mol. The summed E-state index contributed by atoms with van der Waals surface area (Å²) in [5, 5.41) is 3.03. The van der Waals surface area contributed by atoms with Gasteiger partial charge in [-0.25, -0.2) is 8.42 Å². The molecular weight excluding hydrogens is 542 g/mol. The molecule has 3 aromatic rings. The summed E-state index contributed by atoms with van der Waals surface area (Å²) in [6.07, 6.45) is 2.04. The number of sulfonamides is 1. The molecule has 1 aliphatic heterocycles. The van der Waals surface area contributed by atoms with E-state index in [0.29, 0.717) is 11.5 Å². The Morgan fingerprint density at radius 2 is 1.66 bits per heavy atom. The van der Waals surface area contributed by atoms with Gasteiger partial charge in [-0.15, -0.1) is 0 Å². The predicted octanol–water partition coefficient (Wildman–Crippen LogP) is 4.04. The molecule has 0 fully saturated rings. The van der Waals surface area contributed by atoms with Gasteiger partial charge in [-0.1, -0.05) is 61.5 Å². The van der Waals surface area contributed by atoms with Gasteiger partial charge in [0.05, 0.1) is 11.9 Å². The Kier molecular flexibility index (Phi) is 9.54. The molecule has 0 bridgehead atoms. The summed E-state index contributed by atoms with van der Waals surface area (Å²) in [5.41, 5.74) is 2.98. The first-order valence-electron chi connectivity index (χ1n) is 13.6. The lowest BCUT2D eigenvalue weighted by Crippen LogP contribution is -2.54. The van der Waals surface area contributed by atoms with Crippen molar-refractivity contribution >= 4 is 27.5 Å². The number of hydrogen-bond donors (Lipinski definition) is 1. The summed E-state index contributed by atoms with van der Waals surface area (Å²) in [6.45, 7) is 5.51. The fourth-order valence-electron chi connectivity index (χ4n) is 4.62. The number of rotatable bonds is 12. The number of benzene rings is 3. The van der Waals surface area contributed by atoms with Crippen molar-refractivity contribution in [3.8, 4) is 11.5 Å². The monoisotopic (exact) mass is 579 g/mol. The second kappa shape index (κ2) is 13.1. The number of amides is 2. The molecule has 2 atom stereocenters. The minimum atomic E-state index is -3.88. The molecule has 0 spiro atoms. The van der Waals surface area contributed by atoms with E-state index in [4.69, 9.17) is 9.47 Å². The third-order valence-corrected chi connectivity index (χ3v) is 8.34. The number of aryl methyl sites for hydroxylation is 1. The maximum atomic E-state index is 14.2. The second-order valence-corrected chi connectivity index (χ2v) is 12.2. The van der Waals surface area contributed by atoms with Crippen molar-refractivity contribution in [3.63, 3.8) is 0 Å². The van der Waals surface area contributed by atoms with E-state index in [1.165, 1.54) is 4.90 Å². The summed E-state index contributed by atoms with van der Waals surface area (Å²) in [7, 11) is -3.88. The average Bonchev–Trinajstić information content (AvgIpc) is 3.42. The van der Waals surface area contributed by atoms with Gasteiger partial charge in [0.15, 0.2) is 11.5 Å². The molecule has 1 heterocycles. The highest BCUT2D eigenvalue weighted by molar-refractivity contribution is 7.92. The van der Waals surface area contributed by atoms with Gasteiger partial charge in [0.2, 0.25) is 28.6 Å². The van der Waals surface area contributed by atoms with Crippen LogP contribution in [-0.4, -0.2) is 56.8 Å². The zero-order valence-corrected chi connectivity index (χ0v) is 24.7. The lowest BCUT2D eigenvalue weighted by Gasteiger charge is -2.34. The van der Waals surface area contributed by atoms with Crippen LogP contribution in [0.15, 0.2) is 72.8 Å². The maximum absolute atomic E-state index is 14.2. The molecule has 1 aliphatic rings. The highest BCUT2D eigenvalue weighted by atomic mass is 32.2. The Balaban J connectivity index is 1.74. The van der Waals surface area contributed by atoms with Crippen molar-refractivity contribution in [2.75, 3.05) is 23.9 Å². The van der Waals surface area contributed by atoms with Crippen molar-refractivity contribution < 1.29 is 27.5 Å². The van der Waals surface area contributed by atoms with Crippen LogP contribution in [0.1, 0.15) is 37.0 Å². The zero-order chi connectivity index (χ0) is 29.6. The van der Waals surface area contributed by atoms with Gasteiger partial charge in [0.25, 0.3) is 0 Å². The molecule has 9 nitrogen and oxygen atoms in total. The topological polar surface area (TPSA) is 105 Å². The molecule has 1 N–H and O–H groups in total. The molecule has 0 saturated carbocycles. The molecule has 10 heteroatoms. The van der Waals surface area contributed by atoms with Gasteiger partial charge >= 0.3 is 0 Å². The van der Waals surface area contributed by atoms with Crippen LogP contribution in [0.25, 0.3) is 0 Å². The fourth-order valence-corrected chi connectivity index (χ4v) is 5.46. The van der Waals surface area contributed by atoms with Crippen molar-refractivity contribution in [2.24, 2.45) is 0 Å². The Hall–Kier alpha value is -4.05. The van der Waals surface area contributed by atoms with Crippen molar-refractivity contribution in [1.82, 2.24) is 10.2 Å². The Bertz CT molecular complexity index is 1480. The van der Waals surface area contributed by atoms with E-state index in [1.807, 2.05) is 75.4 Å². The van der Waals surface area contributed by atoms with Crippen LogP contribution in [-0.2, 0) is 32.6 Å². The van der Waals surface area contributed by atoms with Crippen molar-refractivity contribution in [3.05, 3.63) is 89.5 Å². The highest BCUT2D eigenvalue weighted by Gasteiger charge is 2.34. The number of anilines is 1. The SMILES string of the molecule is CC[C@H](C)NC(=O)[C@@H](Cc1ccccc1)N(Cc1ccccc1C)C(=O)CN(c1ccc2c(c1)OCO2)S(C)(=O)=O. The molecule has 4 rings (SSSR count). The number of carbonyl (C=O) groups is 2.